The van der Waals surface area contributed by atoms with Crippen molar-refractivity contribution >= 4 is 27.7 Å². The van der Waals surface area contributed by atoms with E-state index in [0.717, 1.165) is 15.8 Å². The summed E-state index contributed by atoms with van der Waals surface area (Å²) in [6.07, 6.45) is 0. The normalized spacial score (nSPS) is 11.1. The Balaban J connectivity index is 1.62. The number of nitrogens with zero attached hydrogens (tertiary/aromatic N) is 1. The highest BCUT2D eigenvalue weighted by Gasteiger charge is 2.09. The minimum absolute atomic E-state index is 0.138. The van der Waals surface area contributed by atoms with Crippen LogP contribution in [0.25, 0.3) is 0 Å². The third kappa shape index (κ3) is 5.43. The smallest absolute Gasteiger partial charge is 0.365 e. The molecule has 6 heteroatoms. The third-order valence-corrected chi connectivity index (χ3v) is 4.21. The van der Waals surface area contributed by atoms with Crippen LogP contribution in [0.1, 0.15) is 21.5 Å². The van der Waals surface area contributed by atoms with E-state index >= 15 is 0 Å². The summed E-state index contributed by atoms with van der Waals surface area (Å²) >= 11 is 3.38. The molecule has 136 valence electrons. The first-order chi connectivity index (χ1) is 13.1. The summed E-state index contributed by atoms with van der Waals surface area (Å²) in [4.78, 5) is 17.2. The highest BCUT2D eigenvalue weighted by Crippen LogP contribution is 2.18. The van der Waals surface area contributed by atoms with Crippen molar-refractivity contribution in [1.29, 1.82) is 0 Å². The van der Waals surface area contributed by atoms with Gasteiger partial charge in [0.1, 0.15) is 12.4 Å². The second-order valence-corrected chi connectivity index (χ2v) is 6.58. The fraction of sp³-hybridized carbons (Fsp3) is 0.0476. The summed E-state index contributed by atoms with van der Waals surface area (Å²) in [5.74, 6) is 0.296. The first kappa shape index (κ1) is 18.7. The van der Waals surface area contributed by atoms with E-state index in [1.54, 1.807) is 30.3 Å². The van der Waals surface area contributed by atoms with E-state index in [9.17, 15) is 4.79 Å². The molecule has 3 rings (SSSR count). The number of halogens is 1. The molecule has 0 saturated carbocycles. The molecule has 0 spiro atoms. The Morgan fingerprint density at radius 1 is 0.926 bits per heavy atom. The van der Waals surface area contributed by atoms with Crippen LogP contribution in [0.5, 0.6) is 5.75 Å². The number of carbonyl (C=O) groups is 1. The lowest BCUT2D eigenvalue weighted by Crippen LogP contribution is -2.15. The van der Waals surface area contributed by atoms with Crippen LogP contribution in [-0.4, -0.2) is 11.8 Å². The fourth-order valence-electron chi connectivity index (χ4n) is 2.29. The van der Waals surface area contributed by atoms with Gasteiger partial charge in [-0.1, -0.05) is 63.6 Å². The molecule has 3 aromatic carbocycles. The van der Waals surface area contributed by atoms with Crippen LogP contribution in [0.4, 0.5) is 0 Å². The van der Waals surface area contributed by atoms with Crippen LogP contribution >= 0.6 is 15.9 Å². The van der Waals surface area contributed by atoms with Crippen molar-refractivity contribution in [2.75, 3.05) is 0 Å². The molecule has 2 N–H and O–H groups in total. The number of ether oxygens (including phenoxy) is 1. The van der Waals surface area contributed by atoms with E-state index in [-0.39, 0.29) is 5.84 Å². The zero-order valence-electron chi connectivity index (χ0n) is 14.3. The average Bonchev–Trinajstić information content (AvgIpc) is 2.72. The van der Waals surface area contributed by atoms with Gasteiger partial charge in [-0.25, -0.2) is 4.79 Å². The van der Waals surface area contributed by atoms with Crippen LogP contribution < -0.4 is 10.5 Å². The van der Waals surface area contributed by atoms with Crippen molar-refractivity contribution in [2.45, 2.75) is 6.61 Å². The molecule has 0 amide bonds. The molecule has 3 aromatic rings. The van der Waals surface area contributed by atoms with Crippen LogP contribution in [0.15, 0.2) is 88.5 Å². The number of oxime groups is 1. The molecular formula is C21H17BrN2O3. The lowest BCUT2D eigenvalue weighted by atomic mass is 10.1. The van der Waals surface area contributed by atoms with E-state index in [1.807, 2.05) is 48.5 Å². The molecule has 0 aliphatic carbocycles. The van der Waals surface area contributed by atoms with E-state index in [4.69, 9.17) is 15.3 Å². The van der Waals surface area contributed by atoms with Crippen LogP contribution in [-0.2, 0) is 11.4 Å². The summed E-state index contributed by atoms with van der Waals surface area (Å²) in [6.45, 7) is 0.332. The highest BCUT2D eigenvalue weighted by atomic mass is 79.9. The van der Waals surface area contributed by atoms with Crippen molar-refractivity contribution in [2.24, 2.45) is 10.9 Å². The van der Waals surface area contributed by atoms with E-state index in [1.165, 1.54) is 0 Å². The minimum atomic E-state index is -0.584. The lowest BCUT2D eigenvalue weighted by molar-refractivity contribution is 0.0516. The molecule has 0 radical (unpaired) electrons. The number of rotatable bonds is 6. The predicted molar refractivity (Wildman–Crippen MR) is 107 cm³/mol. The van der Waals surface area contributed by atoms with Gasteiger partial charge in [-0.3, -0.25) is 0 Å². The van der Waals surface area contributed by atoms with Crippen molar-refractivity contribution in [3.63, 3.8) is 0 Å². The Morgan fingerprint density at radius 2 is 1.63 bits per heavy atom. The Morgan fingerprint density at radius 3 is 2.37 bits per heavy atom. The van der Waals surface area contributed by atoms with Gasteiger partial charge in [0, 0.05) is 10.0 Å². The molecule has 0 aliphatic rings. The van der Waals surface area contributed by atoms with Gasteiger partial charge in [-0.15, -0.1) is 0 Å². The summed E-state index contributed by atoms with van der Waals surface area (Å²) < 4.78 is 6.70. The Labute approximate surface area is 165 Å². The molecule has 0 fully saturated rings. The van der Waals surface area contributed by atoms with Gasteiger partial charge >= 0.3 is 5.97 Å². The zero-order chi connectivity index (χ0) is 19.1. The van der Waals surface area contributed by atoms with Gasteiger partial charge in [0.15, 0.2) is 5.84 Å². The number of nitrogens with two attached hydrogens (primary N) is 1. The summed E-state index contributed by atoms with van der Waals surface area (Å²) in [7, 11) is 0. The molecule has 0 aliphatic heterocycles. The summed E-state index contributed by atoms with van der Waals surface area (Å²) in [6, 6.07) is 23.6. The van der Waals surface area contributed by atoms with Crippen molar-refractivity contribution in [3.05, 3.63) is 100 Å². The summed E-state index contributed by atoms with van der Waals surface area (Å²) in [5.41, 5.74) is 7.72. The van der Waals surface area contributed by atoms with E-state index < -0.39 is 5.97 Å². The molecule has 5 nitrogen and oxygen atoms in total. The molecule has 0 aromatic heterocycles. The maximum atomic E-state index is 12.2. The third-order valence-electron chi connectivity index (χ3n) is 3.68. The van der Waals surface area contributed by atoms with Crippen LogP contribution in [0.3, 0.4) is 0 Å². The van der Waals surface area contributed by atoms with Gasteiger partial charge in [-0.2, -0.15) is 0 Å². The monoisotopic (exact) mass is 424 g/mol. The van der Waals surface area contributed by atoms with E-state index in [0.29, 0.717) is 17.7 Å². The average molecular weight is 425 g/mol. The minimum Gasteiger partial charge on any atom is -0.489 e. The Bertz CT molecular complexity index is 941. The molecule has 0 atom stereocenters. The molecule has 0 saturated heterocycles. The fourth-order valence-corrected chi connectivity index (χ4v) is 2.55. The molecule has 27 heavy (non-hydrogen) atoms. The maximum absolute atomic E-state index is 12.2. The highest BCUT2D eigenvalue weighted by molar-refractivity contribution is 9.10. The van der Waals surface area contributed by atoms with Crippen molar-refractivity contribution < 1.29 is 14.4 Å². The molecule has 0 unspecified atom stereocenters. The zero-order valence-corrected chi connectivity index (χ0v) is 15.9. The van der Waals surface area contributed by atoms with Crippen molar-refractivity contribution in [3.8, 4) is 5.75 Å². The van der Waals surface area contributed by atoms with Crippen LogP contribution in [0.2, 0.25) is 0 Å². The largest absolute Gasteiger partial charge is 0.489 e. The first-order valence-electron chi connectivity index (χ1n) is 8.19. The van der Waals surface area contributed by atoms with Gasteiger partial charge in [0.25, 0.3) is 0 Å². The van der Waals surface area contributed by atoms with Gasteiger partial charge in [0.2, 0.25) is 0 Å². The quantitative estimate of drug-likeness (QED) is 0.273. The second kappa shape index (κ2) is 9.00. The number of benzene rings is 3. The first-order valence-corrected chi connectivity index (χ1v) is 8.98. The number of carbonyl (C=O) groups excluding carboxylic acids is 1. The lowest BCUT2D eigenvalue weighted by Gasteiger charge is -2.07. The van der Waals surface area contributed by atoms with Gasteiger partial charge in [0.05, 0.1) is 5.56 Å². The van der Waals surface area contributed by atoms with Crippen LogP contribution in [0, 0.1) is 0 Å². The predicted octanol–water partition coefficient (Wildman–Crippen LogP) is 4.51. The molecular weight excluding hydrogens is 408 g/mol. The second-order valence-electron chi connectivity index (χ2n) is 5.66. The Hall–Kier alpha value is -3.12. The SMILES string of the molecule is N/C(=N\OC(=O)c1cccc(COc2ccc(Br)cc2)c1)c1ccccc1. The molecule has 0 heterocycles. The van der Waals surface area contributed by atoms with Gasteiger partial charge < -0.3 is 15.3 Å². The van der Waals surface area contributed by atoms with E-state index in [2.05, 4.69) is 21.1 Å². The molecule has 0 bridgehead atoms. The topological polar surface area (TPSA) is 73.9 Å². The summed E-state index contributed by atoms with van der Waals surface area (Å²) in [5, 5.41) is 3.71. The van der Waals surface area contributed by atoms with Gasteiger partial charge in [-0.05, 0) is 42.0 Å². The van der Waals surface area contributed by atoms with Crippen molar-refractivity contribution in [1.82, 2.24) is 0 Å². The Kier molecular flexibility index (Phi) is 6.22. The number of hydrogen-bond donors (Lipinski definition) is 1. The standard InChI is InChI=1S/C21H17BrN2O3/c22-18-9-11-19(12-10-18)26-14-15-5-4-8-17(13-15)21(25)27-24-20(23)16-6-2-1-3-7-16/h1-13H,14H2,(H2,23,24). The number of hydrogen-bond acceptors (Lipinski definition) is 4. The maximum Gasteiger partial charge on any atom is 0.365 e. The number of amidine groups is 1.